The van der Waals surface area contributed by atoms with E-state index >= 15 is 0 Å². The van der Waals surface area contributed by atoms with Gasteiger partial charge in [-0.25, -0.2) is 0 Å². The van der Waals surface area contributed by atoms with Gasteiger partial charge < -0.3 is 24.6 Å². The molecule has 3 rings (SSSR count). The molecule has 10 heteroatoms. The van der Waals surface area contributed by atoms with Gasteiger partial charge in [0.2, 0.25) is 11.7 Å². The second-order valence-corrected chi connectivity index (χ2v) is 6.73. The Hall–Kier alpha value is -2.37. The number of ether oxygens (including phenoxy) is 2. The number of anilines is 1. The molecule has 2 N–H and O–H groups in total. The minimum absolute atomic E-state index is 0. The van der Waals surface area contributed by atoms with E-state index in [-0.39, 0.29) is 24.0 Å². The number of hydrogen-bond donors (Lipinski definition) is 2. The van der Waals surface area contributed by atoms with Crippen LogP contribution in [0.5, 0.6) is 5.75 Å². The number of aliphatic imine (C=N–C) groups is 1. The van der Waals surface area contributed by atoms with Crippen molar-refractivity contribution >= 4 is 47.2 Å². The SMILES string of the molecule is CN=C(NCc1nc(-c2cccc(Cl)c2)no1)Nc1cccc(OCCCOC)c1.I. The second kappa shape index (κ2) is 13.1. The maximum Gasteiger partial charge on any atom is 0.246 e. The molecule has 3 aromatic rings. The molecule has 0 aliphatic carbocycles. The number of guanidine groups is 1. The van der Waals surface area contributed by atoms with Gasteiger partial charge in [-0.15, -0.1) is 24.0 Å². The molecular formula is C21H25ClIN5O3. The van der Waals surface area contributed by atoms with Crippen LogP contribution in [-0.2, 0) is 11.3 Å². The summed E-state index contributed by atoms with van der Waals surface area (Å²) in [7, 11) is 3.36. The lowest BCUT2D eigenvalue weighted by atomic mass is 10.2. The van der Waals surface area contributed by atoms with Crippen molar-refractivity contribution in [1.82, 2.24) is 15.5 Å². The molecule has 0 saturated carbocycles. The number of methoxy groups -OCH3 is 1. The molecule has 0 aliphatic rings. The maximum atomic E-state index is 6.02. The Morgan fingerprint density at radius 2 is 2.00 bits per heavy atom. The van der Waals surface area contributed by atoms with Gasteiger partial charge in [-0.1, -0.05) is 35.0 Å². The minimum Gasteiger partial charge on any atom is -0.493 e. The number of hydrogen-bond acceptors (Lipinski definition) is 6. The molecule has 0 bridgehead atoms. The fraction of sp³-hybridized carbons (Fsp3) is 0.286. The number of benzene rings is 2. The molecule has 1 aromatic heterocycles. The molecule has 0 spiro atoms. The topological polar surface area (TPSA) is 93.8 Å². The van der Waals surface area contributed by atoms with Gasteiger partial charge in [-0.05, 0) is 24.3 Å². The van der Waals surface area contributed by atoms with E-state index in [1.54, 1.807) is 26.3 Å². The molecule has 0 amide bonds. The highest BCUT2D eigenvalue weighted by Gasteiger charge is 2.10. The Morgan fingerprint density at radius 1 is 1.16 bits per heavy atom. The molecule has 1 heterocycles. The molecule has 166 valence electrons. The molecule has 0 radical (unpaired) electrons. The lowest BCUT2D eigenvalue weighted by Crippen LogP contribution is -2.30. The van der Waals surface area contributed by atoms with Crippen molar-refractivity contribution in [2.24, 2.45) is 4.99 Å². The van der Waals surface area contributed by atoms with Gasteiger partial charge in [0.1, 0.15) is 5.75 Å². The fourth-order valence-corrected chi connectivity index (χ4v) is 2.79. The lowest BCUT2D eigenvalue weighted by molar-refractivity contribution is 0.172. The Labute approximate surface area is 203 Å². The number of nitrogens with one attached hydrogen (secondary N) is 2. The van der Waals surface area contributed by atoms with E-state index < -0.39 is 0 Å². The van der Waals surface area contributed by atoms with Crippen molar-refractivity contribution < 1.29 is 14.0 Å². The zero-order valence-corrected chi connectivity index (χ0v) is 20.4. The first-order valence-electron chi connectivity index (χ1n) is 9.46. The van der Waals surface area contributed by atoms with Gasteiger partial charge in [0.05, 0.1) is 13.2 Å². The van der Waals surface area contributed by atoms with Crippen molar-refractivity contribution in [3.63, 3.8) is 0 Å². The third kappa shape index (κ3) is 8.00. The van der Waals surface area contributed by atoms with Crippen molar-refractivity contribution in [3.05, 3.63) is 59.4 Å². The summed E-state index contributed by atoms with van der Waals surface area (Å²) in [6.45, 7) is 1.58. The second-order valence-electron chi connectivity index (χ2n) is 6.30. The Balaban J connectivity index is 0.00000341. The standard InChI is InChI=1S/C21H24ClN5O3.HI/c1-23-21(25-17-8-4-9-18(13-17)29-11-5-10-28-2)24-14-19-26-20(27-30-19)15-6-3-7-16(22)12-15;/h3-4,6-9,12-13H,5,10-11,14H2,1-2H3,(H2,23,24,25);1H. The van der Waals surface area contributed by atoms with E-state index in [0.29, 0.717) is 42.5 Å². The highest BCUT2D eigenvalue weighted by atomic mass is 127. The van der Waals surface area contributed by atoms with E-state index in [0.717, 1.165) is 23.4 Å². The van der Waals surface area contributed by atoms with Crippen LogP contribution in [-0.4, -0.2) is 43.5 Å². The first-order chi connectivity index (χ1) is 14.7. The van der Waals surface area contributed by atoms with Gasteiger partial charge in [-0.2, -0.15) is 4.98 Å². The molecular weight excluding hydrogens is 533 g/mol. The molecule has 0 saturated heterocycles. The Bertz CT molecular complexity index is 983. The largest absolute Gasteiger partial charge is 0.493 e. The van der Waals surface area contributed by atoms with E-state index in [4.69, 9.17) is 25.6 Å². The number of rotatable bonds is 9. The average Bonchev–Trinajstić information content (AvgIpc) is 3.24. The summed E-state index contributed by atoms with van der Waals surface area (Å²) >= 11 is 6.02. The monoisotopic (exact) mass is 557 g/mol. The predicted molar refractivity (Wildman–Crippen MR) is 132 cm³/mol. The minimum atomic E-state index is 0. The summed E-state index contributed by atoms with van der Waals surface area (Å²) in [5, 5.41) is 11.0. The molecule has 0 unspecified atom stereocenters. The number of nitrogens with zero attached hydrogens (tertiary/aromatic N) is 3. The molecule has 8 nitrogen and oxygen atoms in total. The highest BCUT2D eigenvalue weighted by Crippen LogP contribution is 2.20. The van der Waals surface area contributed by atoms with Crippen molar-refractivity contribution in [2.75, 3.05) is 32.7 Å². The van der Waals surface area contributed by atoms with Crippen LogP contribution in [0.1, 0.15) is 12.3 Å². The van der Waals surface area contributed by atoms with Crippen LogP contribution in [0.15, 0.2) is 58.0 Å². The van der Waals surface area contributed by atoms with Gasteiger partial charge in [0.15, 0.2) is 5.96 Å². The third-order valence-corrected chi connectivity index (χ3v) is 4.27. The molecule has 0 aliphatic heterocycles. The van der Waals surface area contributed by atoms with Crippen LogP contribution in [0.25, 0.3) is 11.4 Å². The first-order valence-corrected chi connectivity index (χ1v) is 9.83. The van der Waals surface area contributed by atoms with Gasteiger partial charge in [0, 0.05) is 49.5 Å². The first kappa shape index (κ1) is 24.9. The van der Waals surface area contributed by atoms with E-state index in [1.807, 2.05) is 36.4 Å². The Kier molecular flexibility index (Phi) is 10.5. The number of halogens is 2. The number of aromatic nitrogens is 2. The van der Waals surface area contributed by atoms with Gasteiger partial charge in [-0.3, -0.25) is 4.99 Å². The Morgan fingerprint density at radius 3 is 2.77 bits per heavy atom. The van der Waals surface area contributed by atoms with Crippen LogP contribution in [0.4, 0.5) is 5.69 Å². The van der Waals surface area contributed by atoms with Crippen molar-refractivity contribution in [1.29, 1.82) is 0 Å². The van der Waals surface area contributed by atoms with E-state index in [1.165, 1.54) is 0 Å². The van der Waals surface area contributed by atoms with Crippen LogP contribution >= 0.6 is 35.6 Å². The quantitative estimate of drug-likeness (QED) is 0.172. The van der Waals surface area contributed by atoms with E-state index in [9.17, 15) is 0 Å². The van der Waals surface area contributed by atoms with Crippen LogP contribution in [0.2, 0.25) is 5.02 Å². The van der Waals surface area contributed by atoms with Gasteiger partial charge in [0.25, 0.3) is 0 Å². The molecule has 0 atom stereocenters. The van der Waals surface area contributed by atoms with Crippen LogP contribution in [0, 0.1) is 0 Å². The normalized spacial score (nSPS) is 11.0. The summed E-state index contributed by atoms with van der Waals surface area (Å²) in [5.41, 5.74) is 1.64. The summed E-state index contributed by atoms with van der Waals surface area (Å²) in [4.78, 5) is 8.61. The molecule has 2 aromatic carbocycles. The predicted octanol–water partition coefficient (Wildman–Crippen LogP) is 4.61. The summed E-state index contributed by atoms with van der Waals surface area (Å²) < 4.78 is 16.1. The van der Waals surface area contributed by atoms with Gasteiger partial charge >= 0.3 is 0 Å². The van der Waals surface area contributed by atoms with Crippen LogP contribution in [0.3, 0.4) is 0 Å². The van der Waals surface area contributed by atoms with E-state index in [2.05, 4.69) is 25.8 Å². The van der Waals surface area contributed by atoms with Crippen molar-refractivity contribution in [3.8, 4) is 17.1 Å². The summed E-state index contributed by atoms with van der Waals surface area (Å²) in [6, 6.07) is 15.0. The summed E-state index contributed by atoms with van der Waals surface area (Å²) in [5.74, 6) is 2.25. The molecule has 31 heavy (non-hydrogen) atoms. The van der Waals surface area contributed by atoms with Crippen LogP contribution < -0.4 is 15.4 Å². The molecule has 0 fully saturated rings. The maximum absolute atomic E-state index is 6.02. The summed E-state index contributed by atoms with van der Waals surface area (Å²) in [6.07, 6.45) is 0.832. The third-order valence-electron chi connectivity index (χ3n) is 4.04. The average molecular weight is 558 g/mol. The fourth-order valence-electron chi connectivity index (χ4n) is 2.60. The highest BCUT2D eigenvalue weighted by molar-refractivity contribution is 14.0. The lowest BCUT2D eigenvalue weighted by Gasteiger charge is -2.12. The smallest absolute Gasteiger partial charge is 0.246 e. The zero-order chi connectivity index (χ0) is 21.2. The zero-order valence-electron chi connectivity index (χ0n) is 17.3. The van der Waals surface area contributed by atoms with Crippen molar-refractivity contribution in [2.45, 2.75) is 13.0 Å².